The molecule has 0 aliphatic heterocycles. The van der Waals surface area contributed by atoms with Gasteiger partial charge < -0.3 is 19.1 Å². The summed E-state index contributed by atoms with van der Waals surface area (Å²) in [5.74, 6) is 2.41. The first kappa shape index (κ1) is 18.7. The van der Waals surface area contributed by atoms with Crippen LogP contribution >= 0.6 is 0 Å². The van der Waals surface area contributed by atoms with E-state index in [1.54, 1.807) is 13.3 Å². The second kappa shape index (κ2) is 8.07. The van der Waals surface area contributed by atoms with Crippen LogP contribution < -0.4 is 10.1 Å². The van der Waals surface area contributed by atoms with Gasteiger partial charge in [-0.15, -0.1) is 0 Å². The van der Waals surface area contributed by atoms with Gasteiger partial charge in [-0.2, -0.15) is 0 Å². The maximum Gasteiger partial charge on any atom is 0.243 e. The van der Waals surface area contributed by atoms with Gasteiger partial charge in [0.25, 0.3) is 0 Å². The summed E-state index contributed by atoms with van der Waals surface area (Å²) in [5, 5.41) is 6.94. The lowest BCUT2D eigenvalue weighted by Gasteiger charge is -2.17. The van der Waals surface area contributed by atoms with E-state index in [1.165, 1.54) is 0 Å². The molecule has 1 N–H and O–H groups in total. The summed E-state index contributed by atoms with van der Waals surface area (Å²) in [7, 11) is 1.62. The van der Waals surface area contributed by atoms with Gasteiger partial charge >= 0.3 is 0 Å². The topological polar surface area (TPSA) is 82.2 Å². The molecule has 2 aromatic heterocycles. The SMILES string of the molecule is COc1cccc(-c2cc(CNC(=O)[C@@H](C)n3ccnc3C(C)C)no2)c1. The highest BCUT2D eigenvalue weighted by molar-refractivity contribution is 5.80. The number of carbonyl (C=O) groups is 1. The summed E-state index contributed by atoms with van der Waals surface area (Å²) in [6, 6.07) is 9.00. The number of imidazole rings is 1. The van der Waals surface area contributed by atoms with Crippen LogP contribution in [-0.4, -0.2) is 27.7 Å². The molecule has 0 radical (unpaired) electrons. The minimum Gasteiger partial charge on any atom is -0.497 e. The van der Waals surface area contributed by atoms with Crippen molar-refractivity contribution >= 4 is 5.91 Å². The average Bonchev–Trinajstić information content (AvgIpc) is 3.35. The van der Waals surface area contributed by atoms with Gasteiger partial charge in [-0.3, -0.25) is 4.79 Å². The van der Waals surface area contributed by atoms with E-state index in [0.717, 1.165) is 17.1 Å². The van der Waals surface area contributed by atoms with Gasteiger partial charge in [0, 0.05) is 29.9 Å². The summed E-state index contributed by atoms with van der Waals surface area (Å²) < 4.78 is 12.5. The molecule has 27 heavy (non-hydrogen) atoms. The minimum atomic E-state index is -0.352. The van der Waals surface area contributed by atoms with Crippen LogP contribution in [0.2, 0.25) is 0 Å². The van der Waals surface area contributed by atoms with E-state index < -0.39 is 0 Å². The first-order chi connectivity index (χ1) is 13.0. The number of hydrogen-bond donors (Lipinski definition) is 1. The zero-order valence-electron chi connectivity index (χ0n) is 16.0. The van der Waals surface area contributed by atoms with E-state index in [-0.39, 0.29) is 17.9 Å². The lowest BCUT2D eigenvalue weighted by atomic mass is 10.1. The third-order valence-corrected chi connectivity index (χ3v) is 4.37. The van der Waals surface area contributed by atoms with E-state index in [2.05, 4.69) is 29.3 Å². The largest absolute Gasteiger partial charge is 0.497 e. The molecule has 142 valence electrons. The van der Waals surface area contributed by atoms with Crippen molar-refractivity contribution in [2.45, 2.75) is 39.3 Å². The molecule has 0 unspecified atom stereocenters. The Bertz CT molecular complexity index is 913. The first-order valence-electron chi connectivity index (χ1n) is 8.90. The van der Waals surface area contributed by atoms with Gasteiger partial charge in [-0.05, 0) is 19.1 Å². The fourth-order valence-corrected chi connectivity index (χ4v) is 2.86. The number of ether oxygens (including phenoxy) is 1. The van der Waals surface area contributed by atoms with Gasteiger partial charge in [0.2, 0.25) is 5.91 Å². The standard InChI is InChI=1S/C20H24N4O3/c1-13(2)19-21-8-9-24(19)14(3)20(25)22-12-16-11-18(27-23-16)15-6-5-7-17(10-15)26-4/h5-11,13-14H,12H2,1-4H3,(H,22,25)/t14-/m1/s1. The number of methoxy groups -OCH3 is 1. The molecule has 1 amide bonds. The van der Waals surface area contributed by atoms with Gasteiger partial charge in [0.1, 0.15) is 23.3 Å². The molecule has 0 fully saturated rings. The van der Waals surface area contributed by atoms with Crippen LogP contribution in [0.25, 0.3) is 11.3 Å². The van der Waals surface area contributed by atoms with Crippen molar-refractivity contribution in [2.75, 3.05) is 7.11 Å². The van der Waals surface area contributed by atoms with Crippen molar-refractivity contribution in [3.8, 4) is 17.1 Å². The molecule has 3 aromatic rings. The normalized spacial score (nSPS) is 12.2. The van der Waals surface area contributed by atoms with Crippen molar-refractivity contribution in [1.82, 2.24) is 20.0 Å². The Labute approximate surface area is 158 Å². The lowest BCUT2D eigenvalue weighted by molar-refractivity contribution is -0.124. The van der Waals surface area contributed by atoms with Gasteiger partial charge in [-0.25, -0.2) is 4.98 Å². The molecule has 3 rings (SSSR count). The van der Waals surface area contributed by atoms with E-state index >= 15 is 0 Å². The number of aromatic nitrogens is 3. The molecule has 0 saturated carbocycles. The maximum atomic E-state index is 12.5. The van der Waals surface area contributed by atoms with Gasteiger partial charge in [0.05, 0.1) is 13.7 Å². The van der Waals surface area contributed by atoms with E-state index in [1.807, 2.05) is 48.0 Å². The Kier molecular flexibility index (Phi) is 5.59. The fourth-order valence-electron chi connectivity index (χ4n) is 2.86. The summed E-state index contributed by atoms with van der Waals surface area (Å²) in [4.78, 5) is 16.8. The van der Waals surface area contributed by atoms with Crippen LogP contribution in [0.3, 0.4) is 0 Å². The molecule has 0 saturated heterocycles. The fraction of sp³-hybridized carbons (Fsp3) is 0.350. The highest BCUT2D eigenvalue weighted by Crippen LogP contribution is 2.24. The Morgan fingerprint density at radius 3 is 2.85 bits per heavy atom. The van der Waals surface area contributed by atoms with E-state index in [9.17, 15) is 4.79 Å². The Morgan fingerprint density at radius 2 is 2.11 bits per heavy atom. The van der Waals surface area contributed by atoms with E-state index in [4.69, 9.17) is 9.26 Å². The molecular formula is C20H24N4O3. The highest BCUT2D eigenvalue weighted by Gasteiger charge is 2.19. The van der Waals surface area contributed by atoms with Gasteiger partial charge in [0.15, 0.2) is 5.76 Å². The minimum absolute atomic E-state index is 0.0965. The molecule has 1 aromatic carbocycles. The smallest absolute Gasteiger partial charge is 0.243 e. The lowest BCUT2D eigenvalue weighted by Crippen LogP contribution is -2.31. The predicted molar refractivity (Wildman–Crippen MR) is 101 cm³/mol. The van der Waals surface area contributed by atoms with Crippen molar-refractivity contribution in [2.24, 2.45) is 0 Å². The Morgan fingerprint density at radius 1 is 1.30 bits per heavy atom. The first-order valence-corrected chi connectivity index (χ1v) is 8.90. The molecule has 0 bridgehead atoms. The zero-order valence-corrected chi connectivity index (χ0v) is 16.0. The molecule has 1 atom stereocenters. The van der Waals surface area contributed by atoms with Gasteiger partial charge in [-0.1, -0.05) is 31.1 Å². The van der Waals surface area contributed by atoms with Crippen LogP contribution in [0.5, 0.6) is 5.75 Å². The third-order valence-electron chi connectivity index (χ3n) is 4.37. The number of rotatable bonds is 7. The molecule has 0 spiro atoms. The number of hydrogen-bond acceptors (Lipinski definition) is 5. The van der Waals surface area contributed by atoms with Crippen LogP contribution in [-0.2, 0) is 11.3 Å². The number of benzene rings is 1. The number of nitrogens with one attached hydrogen (secondary N) is 1. The maximum absolute atomic E-state index is 12.5. The molecule has 0 aliphatic carbocycles. The molecule has 7 nitrogen and oxygen atoms in total. The number of carbonyl (C=O) groups excluding carboxylic acids is 1. The average molecular weight is 368 g/mol. The highest BCUT2D eigenvalue weighted by atomic mass is 16.5. The molecule has 7 heteroatoms. The van der Waals surface area contributed by atoms with Crippen molar-refractivity contribution in [3.05, 3.63) is 54.2 Å². The quantitative estimate of drug-likeness (QED) is 0.690. The van der Waals surface area contributed by atoms with Crippen LogP contribution in [0.1, 0.15) is 44.2 Å². The second-order valence-corrected chi connectivity index (χ2v) is 6.66. The summed E-state index contributed by atoms with van der Waals surface area (Å²) in [6.45, 7) is 6.26. The van der Waals surface area contributed by atoms with Crippen LogP contribution in [0.4, 0.5) is 0 Å². The second-order valence-electron chi connectivity index (χ2n) is 6.66. The molecular weight excluding hydrogens is 344 g/mol. The summed E-state index contributed by atoms with van der Waals surface area (Å²) >= 11 is 0. The van der Waals surface area contributed by atoms with Crippen LogP contribution in [0, 0.1) is 0 Å². The van der Waals surface area contributed by atoms with Crippen molar-refractivity contribution in [3.63, 3.8) is 0 Å². The van der Waals surface area contributed by atoms with E-state index in [0.29, 0.717) is 18.0 Å². The monoisotopic (exact) mass is 368 g/mol. The van der Waals surface area contributed by atoms with Crippen molar-refractivity contribution in [1.29, 1.82) is 0 Å². The zero-order chi connectivity index (χ0) is 19.4. The third kappa shape index (κ3) is 4.19. The molecule has 2 heterocycles. The Hall–Kier alpha value is -3.09. The Balaban J connectivity index is 1.64. The van der Waals surface area contributed by atoms with Crippen molar-refractivity contribution < 1.29 is 14.1 Å². The summed E-state index contributed by atoms with van der Waals surface area (Å²) in [5.41, 5.74) is 1.52. The van der Waals surface area contributed by atoms with Crippen LogP contribution in [0.15, 0.2) is 47.2 Å². The summed E-state index contributed by atoms with van der Waals surface area (Å²) in [6.07, 6.45) is 3.55. The number of nitrogens with zero attached hydrogens (tertiary/aromatic N) is 3. The predicted octanol–water partition coefficient (Wildman–Crippen LogP) is 3.55. The number of amides is 1. The molecule has 0 aliphatic rings.